The van der Waals surface area contributed by atoms with Crippen molar-refractivity contribution in [3.8, 4) is 11.3 Å². The van der Waals surface area contributed by atoms with E-state index in [1.165, 1.54) is 24.4 Å². The number of carbonyl (C=O) groups is 1. The number of halogens is 2. The average molecular weight is 529 g/mol. The maximum Gasteiger partial charge on any atom is 0.180 e. The summed E-state index contributed by atoms with van der Waals surface area (Å²) < 4.78 is 39.4. The molecule has 3 aromatic rings. The zero-order valence-electron chi connectivity index (χ0n) is 20.5. The molecule has 1 saturated carbocycles. The zero-order valence-corrected chi connectivity index (χ0v) is 22.0. The minimum atomic E-state index is -3.56. The Labute approximate surface area is 217 Å². The molecule has 36 heavy (non-hydrogen) atoms. The first kappa shape index (κ1) is 26.4. The van der Waals surface area contributed by atoms with Gasteiger partial charge in [-0.15, -0.1) is 0 Å². The van der Waals surface area contributed by atoms with Crippen LogP contribution in [0.5, 0.6) is 0 Å². The van der Waals surface area contributed by atoms with Crippen LogP contribution in [0.2, 0.25) is 5.02 Å². The molecule has 0 saturated heterocycles. The van der Waals surface area contributed by atoms with E-state index in [0.717, 1.165) is 16.8 Å². The fraction of sp³-hybridized carbons (Fsp3) is 0.393. The summed E-state index contributed by atoms with van der Waals surface area (Å²) in [5.41, 5.74) is 3.08. The first-order chi connectivity index (χ1) is 17.1. The summed E-state index contributed by atoms with van der Waals surface area (Å²) >= 11 is 6.41. The van der Waals surface area contributed by atoms with Crippen LogP contribution in [-0.4, -0.2) is 29.9 Å². The monoisotopic (exact) mass is 528 g/mol. The second kappa shape index (κ2) is 11.2. The van der Waals surface area contributed by atoms with Crippen LogP contribution in [0.1, 0.15) is 56.2 Å². The van der Waals surface area contributed by atoms with E-state index in [9.17, 15) is 17.6 Å². The molecule has 1 aromatic carbocycles. The van der Waals surface area contributed by atoms with Crippen LogP contribution in [-0.2, 0) is 14.6 Å². The van der Waals surface area contributed by atoms with Gasteiger partial charge in [-0.25, -0.2) is 12.8 Å². The van der Waals surface area contributed by atoms with E-state index in [-0.39, 0.29) is 45.0 Å². The van der Waals surface area contributed by atoms with E-state index in [2.05, 4.69) is 9.97 Å². The summed E-state index contributed by atoms with van der Waals surface area (Å²) in [4.78, 5) is 21.5. The lowest BCUT2D eigenvalue weighted by atomic mass is 9.78. The number of hydrogen-bond acceptors (Lipinski definition) is 5. The number of hydrogen-bond donors (Lipinski definition) is 0. The standard InChI is InChI=1S/C28H30ClFN2O3S/c1-18(21-7-9-24(30)10-8-21)13-27(33)22-5-3-20(4-6-22)17-36(34,35)25-15-26(29)28(32-16-25)23-11-12-31-19(2)14-23/h7-12,14-16,18,20,22H,3-6,13,17H2,1-2H3/t18-,20?,22?/m0/s1. The van der Waals surface area contributed by atoms with Crippen LogP contribution >= 0.6 is 11.6 Å². The molecular weight excluding hydrogens is 499 g/mol. The molecule has 4 rings (SSSR count). The first-order valence-corrected chi connectivity index (χ1v) is 14.2. The Balaban J connectivity index is 1.34. The number of nitrogens with zero attached hydrogens (tertiary/aromatic N) is 2. The van der Waals surface area contributed by atoms with E-state index in [4.69, 9.17) is 11.6 Å². The molecule has 0 bridgehead atoms. The third-order valence-corrected chi connectivity index (χ3v) is 9.19. The molecule has 1 aliphatic carbocycles. The third-order valence-electron chi connectivity index (χ3n) is 7.05. The molecule has 190 valence electrons. The number of carbonyl (C=O) groups excluding carboxylic acids is 1. The molecule has 2 heterocycles. The van der Waals surface area contributed by atoms with E-state index in [1.54, 1.807) is 24.4 Å². The highest BCUT2D eigenvalue weighted by Gasteiger charge is 2.30. The quantitative estimate of drug-likeness (QED) is 0.329. The van der Waals surface area contributed by atoms with Gasteiger partial charge in [0.25, 0.3) is 0 Å². The first-order valence-electron chi connectivity index (χ1n) is 12.2. The van der Waals surface area contributed by atoms with E-state index in [0.29, 0.717) is 37.8 Å². The SMILES string of the molecule is Cc1cc(-c2ncc(S(=O)(=O)CC3CCC(C(=O)C[C@H](C)c4ccc(F)cc4)CC3)cc2Cl)ccn1. The van der Waals surface area contributed by atoms with Gasteiger partial charge in [0, 0.05) is 36.0 Å². The van der Waals surface area contributed by atoms with Crippen molar-refractivity contribution in [3.63, 3.8) is 0 Å². The van der Waals surface area contributed by atoms with Gasteiger partial charge in [0.2, 0.25) is 0 Å². The molecule has 0 spiro atoms. The van der Waals surface area contributed by atoms with Crippen molar-refractivity contribution in [2.75, 3.05) is 5.75 Å². The van der Waals surface area contributed by atoms with Gasteiger partial charge >= 0.3 is 0 Å². The van der Waals surface area contributed by atoms with Crippen LogP contribution < -0.4 is 0 Å². The molecule has 1 aliphatic rings. The van der Waals surface area contributed by atoms with Gasteiger partial charge in [0.05, 0.1) is 21.4 Å². The summed E-state index contributed by atoms with van der Waals surface area (Å²) in [6, 6.07) is 11.4. The van der Waals surface area contributed by atoms with Gasteiger partial charge in [0.1, 0.15) is 11.6 Å². The second-order valence-electron chi connectivity index (χ2n) is 9.81. The topological polar surface area (TPSA) is 77.0 Å². The van der Waals surface area contributed by atoms with Crippen molar-refractivity contribution in [1.29, 1.82) is 0 Å². The number of pyridine rings is 2. The second-order valence-corrected chi connectivity index (χ2v) is 12.3. The van der Waals surface area contributed by atoms with Crippen LogP contribution in [0.4, 0.5) is 4.39 Å². The summed E-state index contributed by atoms with van der Waals surface area (Å²) in [6.45, 7) is 3.84. The van der Waals surface area contributed by atoms with E-state index < -0.39 is 9.84 Å². The summed E-state index contributed by atoms with van der Waals surface area (Å²) in [5, 5.41) is 0.284. The number of aromatic nitrogens is 2. The Morgan fingerprint density at radius 3 is 2.42 bits per heavy atom. The minimum Gasteiger partial charge on any atom is -0.299 e. The predicted molar refractivity (Wildman–Crippen MR) is 139 cm³/mol. The zero-order chi connectivity index (χ0) is 25.9. The molecule has 0 N–H and O–H groups in total. The van der Waals surface area contributed by atoms with Gasteiger partial charge in [-0.1, -0.05) is 30.7 Å². The Hall–Kier alpha value is -2.64. The molecule has 1 fully saturated rings. The van der Waals surface area contributed by atoms with Crippen LogP contribution in [0, 0.1) is 24.6 Å². The highest BCUT2D eigenvalue weighted by atomic mass is 35.5. The van der Waals surface area contributed by atoms with Gasteiger partial charge in [-0.2, -0.15) is 0 Å². The summed E-state index contributed by atoms with van der Waals surface area (Å²) in [5.74, 6) is -0.103. The maximum atomic E-state index is 13.2. The van der Waals surface area contributed by atoms with Crippen molar-refractivity contribution in [1.82, 2.24) is 9.97 Å². The van der Waals surface area contributed by atoms with Crippen molar-refractivity contribution < 1.29 is 17.6 Å². The smallest absolute Gasteiger partial charge is 0.180 e. The molecule has 0 unspecified atom stereocenters. The normalized spacial score (nSPS) is 19.1. The molecule has 5 nitrogen and oxygen atoms in total. The lowest BCUT2D eigenvalue weighted by molar-refractivity contribution is -0.124. The Kier molecular flexibility index (Phi) is 8.20. The van der Waals surface area contributed by atoms with Gasteiger partial charge < -0.3 is 0 Å². The maximum absolute atomic E-state index is 13.2. The number of sulfone groups is 1. The average Bonchev–Trinajstić information content (AvgIpc) is 2.84. The predicted octanol–water partition coefficient (Wildman–Crippen LogP) is 6.59. The fourth-order valence-corrected chi connectivity index (χ4v) is 6.93. The van der Waals surface area contributed by atoms with E-state index >= 15 is 0 Å². The lowest BCUT2D eigenvalue weighted by Gasteiger charge is -2.28. The van der Waals surface area contributed by atoms with Crippen LogP contribution in [0.15, 0.2) is 59.8 Å². The summed E-state index contributed by atoms with van der Waals surface area (Å²) in [6.07, 6.45) is 6.21. The van der Waals surface area contributed by atoms with Gasteiger partial charge in [-0.05, 0) is 80.3 Å². The number of rotatable bonds is 8. The van der Waals surface area contributed by atoms with Crippen molar-refractivity contribution >= 4 is 27.2 Å². The Bertz CT molecular complexity index is 1340. The number of Topliss-reactive ketones (excluding diaryl/α,β-unsaturated/α-hetero) is 1. The molecule has 2 aromatic heterocycles. The fourth-order valence-electron chi connectivity index (χ4n) is 4.93. The van der Waals surface area contributed by atoms with Crippen molar-refractivity contribution in [2.45, 2.75) is 56.8 Å². The van der Waals surface area contributed by atoms with Crippen molar-refractivity contribution in [2.24, 2.45) is 11.8 Å². The number of aryl methyl sites for hydroxylation is 1. The van der Waals surface area contributed by atoms with Crippen molar-refractivity contribution in [3.05, 3.63) is 77.0 Å². The highest BCUT2D eigenvalue weighted by Crippen LogP contribution is 2.34. The largest absolute Gasteiger partial charge is 0.299 e. The minimum absolute atomic E-state index is 0.00475. The number of ketones is 1. The Morgan fingerprint density at radius 2 is 1.78 bits per heavy atom. The molecule has 1 atom stereocenters. The highest BCUT2D eigenvalue weighted by molar-refractivity contribution is 7.91. The lowest BCUT2D eigenvalue weighted by Crippen LogP contribution is -2.26. The van der Waals surface area contributed by atoms with Crippen LogP contribution in [0.25, 0.3) is 11.3 Å². The summed E-state index contributed by atoms with van der Waals surface area (Å²) in [7, 11) is -3.56. The Morgan fingerprint density at radius 1 is 1.08 bits per heavy atom. The molecule has 8 heteroatoms. The number of benzene rings is 1. The molecule has 0 radical (unpaired) electrons. The van der Waals surface area contributed by atoms with Crippen LogP contribution in [0.3, 0.4) is 0 Å². The van der Waals surface area contributed by atoms with Gasteiger partial charge in [-0.3, -0.25) is 14.8 Å². The third kappa shape index (κ3) is 6.37. The van der Waals surface area contributed by atoms with E-state index in [1.807, 2.05) is 19.9 Å². The molecular formula is C28H30ClFN2O3S. The molecule has 0 amide bonds. The van der Waals surface area contributed by atoms with Gasteiger partial charge in [0.15, 0.2) is 9.84 Å². The molecule has 0 aliphatic heterocycles.